The van der Waals surface area contributed by atoms with Gasteiger partial charge in [0.15, 0.2) is 0 Å². The first-order valence-electron chi connectivity index (χ1n) is 6.41. The van der Waals surface area contributed by atoms with Gasteiger partial charge in [-0.1, -0.05) is 17.7 Å². The van der Waals surface area contributed by atoms with Crippen LogP contribution in [-0.4, -0.2) is 17.9 Å². The van der Waals surface area contributed by atoms with Gasteiger partial charge in [-0.3, -0.25) is 4.79 Å². The molecule has 0 amide bonds. The number of nitrogens with zero attached hydrogens (tertiary/aromatic N) is 1. The molecular formula is C14H15ClFNO. The maximum Gasteiger partial charge on any atom is 0.148 e. The lowest BCUT2D eigenvalue weighted by Crippen LogP contribution is -2.53. The minimum Gasteiger partial charge on any atom is -0.361 e. The monoisotopic (exact) mass is 267 g/mol. The first kappa shape index (κ1) is 12.0. The molecule has 4 heteroatoms. The topological polar surface area (TPSA) is 20.3 Å². The van der Waals surface area contributed by atoms with Crippen molar-refractivity contribution in [3.63, 3.8) is 0 Å². The molecule has 2 saturated heterocycles. The molecule has 0 aliphatic carbocycles. The average Bonchev–Trinajstić information content (AvgIpc) is 2.29. The summed E-state index contributed by atoms with van der Waals surface area (Å²) in [5.74, 6) is 0.0159. The summed E-state index contributed by atoms with van der Waals surface area (Å²) in [6.45, 7) is 0. The van der Waals surface area contributed by atoms with Crippen molar-refractivity contribution in [1.82, 2.24) is 0 Å². The number of rotatable bonds is 1. The second-order valence-corrected chi connectivity index (χ2v) is 5.57. The van der Waals surface area contributed by atoms with E-state index in [0.29, 0.717) is 29.3 Å². The van der Waals surface area contributed by atoms with Crippen molar-refractivity contribution in [3.05, 3.63) is 29.0 Å². The van der Waals surface area contributed by atoms with Crippen LogP contribution in [0, 0.1) is 5.82 Å². The molecule has 3 rings (SSSR count). The number of carbonyl (C=O) groups excluding carboxylic acids is 1. The molecule has 2 aliphatic heterocycles. The first-order valence-corrected chi connectivity index (χ1v) is 6.78. The number of Topliss-reactive ketones (excluding diaryl/α,β-unsaturated/α-hetero) is 1. The zero-order valence-electron chi connectivity index (χ0n) is 10.0. The number of anilines is 1. The highest BCUT2D eigenvalue weighted by Crippen LogP contribution is 2.40. The summed E-state index contributed by atoms with van der Waals surface area (Å²) in [6, 6.07) is 5.02. The minimum absolute atomic E-state index is 0.124. The number of fused-ring (bicyclic) bond motifs is 2. The van der Waals surface area contributed by atoms with Gasteiger partial charge in [0.1, 0.15) is 11.6 Å². The molecule has 0 spiro atoms. The molecule has 18 heavy (non-hydrogen) atoms. The molecule has 1 aromatic carbocycles. The Hall–Kier alpha value is -1.09. The molecule has 2 unspecified atom stereocenters. The Bertz CT molecular complexity index is 454. The van der Waals surface area contributed by atoms with E-state index in [0.717, 1.165) is 19.3 Å². The van der Waals surface area contributed by atoms with E-state index in [1.807, 2.05) is 0 Å². The molecule has 0 aromatic heterocycles. The van der Waals surface area contributed by atoms with Crippen molar-refractivity contribution in [2.24, 2.45) is 0 Å². The molecule has 0 saturated carbocycles. The van der Waals surface area contributed by atoms with Crippen molar-refractivity contribution in [1.29, 1.82) is 0 Å². The quantitative estimate of drug-likeness (QED) is 0.775. The Labute approximate surface area is 111 Å². The Balaban J connectivity index is 2.03. The van der Waals surface area contributed by atoms with E-state index >= 15 is 0 Å². The Morgan fingerprint density at radius 3 is 2.50 bits per heavy atom. The van der Waals surface area contributed by atoms with Crippen LogP contribution in [0.2, 0.25) is 5.02 Å². The number of carbonyl (C=O) groups is 1. The van der Waals surface area contributed by atoms with Gasteiger partial charge in [-0.25, -0.2) is 4.39 Å². The van der Waals surface area contributed by atoms with Gasteiger partial charge in [0, 0.05) is 24.9 Å². The molecule has 0 radical (unpaired) electrons. The van der Waals surface area contributed by atoms with Gasteiger partial charge in [-0.15, -0.1) is 0 Å². The molecule has 0 N–H and O–H groups in total. The highest BCUT2D eigenvalue weighted by molar-refractivity contribution is 6.33. The summed E-state index contributed by atoms with van der Waals surface area (Å²) in [6.07, 6.45) is 4.08. The van der Waals surface area contributed by atoms with Gasteiger partial charge in [0.05, 0.1) is 10.7 Å². The highest BCUT2D eigenvalue weighted by Gasteiger charge is 2.39. The van der Waals surface area contributed by atoms with Gasteiger partial charge in [-0.2, -0.15) is 0 Å². The van der Waals surface area contributed by atoms with Gasteiger partial charge in [0.2, 0.25) is 0 Å². The third-order valence-corrected chi connectivity index (χ3v) is 4.29. The lowest BCUT2D eigenvalue weighted by molar-refractivity contribution is -0.121. The summed E-state index contributed by atoms with van der Waals surface area (Å²) in [7, 11) is 0. The standard InChI is InChI=1S/C14H15ClFNO/c15-12-5-2-6-13(16)14(12)17-9-3-1-4-10(17)8-11(18)7-9/h2,5-6,9-10H,1,3-4,7-8H2. The molecule has 2 bridgehead atoms. The van der Waals surface area contributed by atoms with Crippen LogP contribution in [0.25, 0.3) is 0 Å². The predicted octanol–water partition coefficient (Wildman–Crippen LogP) is 3.57. The normalized spacial score (nSPS) is 27.4. The summed E-state index contributed by atoms with van der Waals surface area (Å²) >= 11 is 6.14. The smallest absolute Gasteiger partial charge is 0.148 e. The Kier molecular flexibility index (Phi) is 3.02. The van der Waals surface area contributed by atoms with E-state index < -0.39 is 0 Å². The van der Waals surface area contributed by atoms with E-state index in [1.165, 1.54) is 6.07 Å². The largest absolute Gasteiger partial charge is 0.361 e. The molecule has 2 aliphatic rings. The van der Waals surface area contributed by atoms with Crippen LogP contribution in [0.4, 0.5) is 10.1 Å². The van der Waals surface area contributed by atoms with Crippen molar-refractivity contribution in [3.8, 4) is 0 Å². The van der Waals surface area contributed by atoms with E-state index in [1.54, 1.807) is 12.1 Å². The fourth-order valence-corrected chi connectivity index (χ4v) is 3.54. The summed E-state index contributed by atoms with van der Waals surface area (Å²) < 4.78 is 14.0. The van der Waals surface area contributed by atoms with Crippen LogP contribution in [0.1, 0.15) is 32.1 Å². The second-order valence-electron chi connectivity index (χ2n) is 5.16. The van der Waals surface area contributed by atoms with Crippen LogP contribution in [-0.2, 0) is 4.79 Å². The number of benzene rings is 1. The van der Waals surface area contributed by atoms with Crippen molar-refractivity contribution >= 4 is 23.1 Å². The number of ketones is 1. The number of hydrogen-bond acceptors (Lipinski definition) is 2. The zero-order chi connectivity index (χ0) is 12.7. The molecule has 2 nitrogen and oxygen atoms in total. The lowest BCUT2D eigenvalue weighted by Gasteiger charge is -2.47. The Morgan fingerprint density at radius 1 is 1.22 bits per heavy atom. The van der Waals surface area contributed by atoms with Crippen molar-refractivity contribution in [2.45, 2.75) is 44.2 Å². The number of piperidine rings is 2. The third-order valence-electron chi connectivity index (χ3n) is 3.98. The molecule has 2 heterocycles. The summed E-state index contributed by atoms with van der Waals surface area (Å²) in [5.41, 5.74) is 0.487. The fraction of sp³-hybridized carbons (Fsp3) is 0.500. The van der Waals surface area contributed by atoms with Crippen molar-refractivity contribution in [2.75, 3.05) is 4.90 Å². The lowest BCUT2D eigenvalue weighted by atomic mass is 9.83. The first-order chi connectivity index (χ1) is 8.66. The van der Waals surface area contributed by atoms with Crippen LogP contribution < -0.4 is 4.90 Å². The van der Waals surface area contributed by atoms with Gasteiger partial charge in [-0.05, 0) is 31.4 Å². The molecule has 2 atom stereocenters. The molecule has 2 fully saturated rings. The zero-order valence-corrected chi connectivity index (χ0v) is 10.8. The van der Waals surface area contributed by atoms with Gasteiger partial charge < -0.3 is 4.90 Å². The molecular weight excluding hydrogens is 253 g/mol. The fourth-order valence-electron chi connectivity index (χ4n) is 3.28. The summed E-state index contributed by atoms with van der Waals surface area (Å²) in [4.78, 5) is 13.7. The highest BCUT2D eigenvalue weighted by atomic mass is 35.5. The number of hydrogen-bond donors (Lipinski definition) is 0. The van der Waals surface area contributed by atoms with E-state index in [2.05, 4.69) is 4.90 Å². The average molecular weight is 268 g/mol. The van der Waals surface area contributed by atoms with Crippen LogP contribution in [0.3, 0.4) is 0 Å². The number of halogens is 2. The summed E-state index contributed by atoms with van der Waals surface area (Å²) in [5, 5.41) is 0.446. The van der Waals surface area contributed by atoms with E-state index in [9.17, 15) is 9.18 Å². The van der Waals surface area contributed by atoms with Gasteiger partial charge >= 0.3 is 0 Å². The molecule has 1 aromatic rings. The SMILES string of the molecule is O=C1CC2CCCC(C1)N2c1c(F)cccc1Cl. The minimum atomic E-state index is -0.284. The van der Waals surface area contributed by atoms with E-state index in [4.69, 9.17) is 11.6 Å². The second kappa shape index (κ2) is 4.54. The maximum absolute atomic E-state index is 14.0. The van der Waals surface area contributed by atoms with Crippen LogP contribution in [0.15, 0.2) is 18.2 Å². The van der Waals surface area contributed by atoms with Crippen LogP contribution in [0.5, 0.6) is 0 Å². The maximum atomic E-state index is 14.0. The third kappa shape index (κ3) is 1.91. The van der Waals surface area contributed by atoms with Crippen LogP contribution >= 0.6 is 11.6 Å². The molecule has 96 valence electrons. The predicted molar refractivity (Wildman–Crippen MR) is 69.6 cm³/mol. The Morgan fingerprint density at radius 2 is 1.89 bits per heavy atom. The number of para-hydroxylation sites is 1. The van der Waals surface area contributed by atoms with Gasteiger partial charge in [0.25, 0.3) is 0 Å². The van der Waals surface area contributed by atoms with Crippen molar-refractivity contribution < 1.29 is 9.18 Å². The van der Waals surface area contributed by atoms with E-state index in [-0.39, 0.29) is 17.9 Å².